The maximum atomic E-state index is 6.25. The molecule has 2 nitrogen and oxygen atoms in total. The van der Waals surface area contributed by atoms with Gasteiger partial charge in [0.05, 0.1) is 6.04 Å². The minimum absolute atomic E-state index is 0.0994. The summed E-state index contributed by atoms with van der Waals surface area (Å²) in [4.78, 5) is 0. The molecule has 5 rings (SSSR count). The fourth-order valence-corrected chi connectivity index (χ4v) is 5.86. The van der Waals surface area contributed by atoms with Crippen molar-refractivity contribution in [1.82, 2.24) is 4.57 Å². The average Bonchev–Trinajstić information content (AvgIpc) is 3.19. The molecule has 3 heteroatoms. The Morgan fingerprint density at radius 1 is 0.750 bits per heavy atom. The summed E-state index contributed by atoms with van der Waals surface area (Å²) >= 11 is 2.44. The Balaban J connectivity index is 1.64. The minimum atomic E-state index is 0.0994. The summed E-state index contributed by atoms with van der Waals surface area (Å²) in [5, 5.41) is 1.37. The number of aromatic nitrogens is 1. The van der Waals surface area contributed by atoms with Crippen LogP contribution in [0.15, 0.2) is 103 Å². The van der Waals surface area contributed by atoms with E-state index in [1.807, 2.05) is 0 Å². The van der Waals surface area contributed by atoms with Gasteiger partial charge in [-0.2, -0.15) is 0 Å². The zero-order valence-electron chi connectivity index (χ0n) is 20.8. The number of hydrogen-bond acceptors (Lipinski definition) is 1. The van der Waals surface area contributed by atoms with Crippen molar-refractivity contribution < 1.29 is 0 Å². The molecule has 1 aromatic heterocycles. The van der Waals surface area contributed by atoms with Gasteiger partial charge in [0.2, 0.25) is 0 Å². The van der Waals surface area contributed by atoms with Gasteiger partial charge in [0, 0.05) is 26.6 Å². The van der Waals surface area contributed by atoms with Crippen molar-refractivity contribution in [3.8, 4) is 0 Å². The van der Waals surface area contributed by atoms with Crippen molar-refractivity contribution >= 4 is 33.5 Å². The first kappa shape index (κ1) is 24.8. The molecule has 0 aliphatic carbocycles. The predicted molar refractivity (Wildman–Crippen MR) is 161 cm³/mol. The number of benzene rings is 4. The SMILES string of the molecule is Cc1ccc(CCCc2c(CCN)n(C(c3ccccc3)c3ccccc3)c3ccc(I)cc23)cc1. The lowest BCUT2D eigenvalue weighted by Crippen LogP contribution is -2.18. The van der Waals surface area contributed by atoms with Crippen molar-refractivity contribution in [2.24, 2.45) is 5.73 Å². The molecule has 0 saturated heterocycles. The molecule has 0 aliphatic heterocycles. The quantitative estimate of drug-likeness (QED) is 0.176. The second-order valence-electron chi connectivity index (χ2n) is 9.56. The Morgan fingerprint density at radius 2 is 1.39 bits per heavy atom. The van der Waals surface area contributed by atoms with Crippen molar-refractivity contribution in [2.75, 3.05) is 6.54 Å². The molecule has 0 bridgehead atoms. The Hall–Kier alpha value is -2.89. The van der Waals surface area contributed by atoms with Crippen LogP contribution in [0, 0.1) is 10.5 Å². The van der Waals surface area contributed by atoms with E-state index in [2.05, 4.69) is 137 Å². The van der Waals surface area contributed by atoms with Gasteiger partial charge in [0.25, 0.3) is 0 Å². The van der Waals surface area contributed by atoms with Gasteiger partial charge in [-0.3, -0.25) is 0 Å². The fourth-order valence-electron chi connectivity index (χ4n) is 5.37. The lowest BCUT2D eigenvalue weighted by Gasteiger charge is -2.25. The molecule has 2 N–H and O–H groups in total. The topological polar surface area (TPSA) is 30.9 Å². The van der Waals surface area contributed by atoms with E-state index < -0.39 is 0 Å². The fraction of sp³-hybridized carbons (Fsp3) is 0.212. The molecule has 0 radical (unpaired) electrons. The normalized spacial score (nSPS) is 11.4. The van der Waals surface area contributed by atoms with Crippen LogP contribution in [-0.2, 0) is 19.3 Å². The van der Waals surface area contributed by atoms with Crippen LogP contribution in [0.1, 0.15) is 46.0 Å². The molecule has 0 aliphatic rings. The molecule has 0 atom stereocenters. The Labute approximate surface area is 228 Å². The van der Waals surface area contributed by atoms with Crippen LogP contribution in [0.4, 0.5) is 0 Å². The van der Waals surface area contributed by atoms with Gasteiger partial charge >= 0.3 is 0 Å². The van der Waals surface area contributed by atoms with Crippen molar-refractivity contribution in [3.63, 3.8) is 0 Å². The van der Waals surface area contributed by atoms with Gasteiger partial charge < -0.3 is 10.3 Å². The Morgan fingerprint density at radius 3 is 2.00 bits per heavy atom. The molecule has 0 spiro atoms. The summed E-state index contributed by atoms with van der Waals surface area (Å²) in [6.07, 6.45) is 4.11. The summed E-state index contributed by atoms with van der Waals surface area (Å²) < 4.78 is 3.84. The number of aryl methyl sites for hydroxylation is 3. The smallest absolute Gasteiger partial charge is 0.0842 e. The van der Waals surface area contributed by atoms with Crippen LogP contribution in [0.2, 0.25) is 0 Å². The van der Waals surface area contributed by atoms with E-state index in [4.69, 9.17) is 5.73 Å². The van der Waals surface area contributed by atoms with Crippen LogP contribution in [0.5, 0.6) is 0 Å². The molecule has 0 amide bonds. The third-order valence-electron chi connectivity index (χ3n) is 7.07. The van der Waals surface area contributed by atoms with Crippen LogP contribution in [0.3, 0.4) is 0 Å². The predicted octanol–water partition coefficient (Wildman–Crippen LogP) is 7.87. The van der Waals surface area contributed by atoms with Crippen molar-refractivity contribution in [1.29, 1.82) is 0 Å². The zero-order chi connectivity index (χ0) is 24.9. The highest BCUT2D eigenvalue weighted by Gasteiger charge is 2.25. The minimum Gasteiger partial charge on any atom is -0.333 e. The maximum absolute atomic E-state index is 6.25. The Kier molecular flexibility index (Phi) is 7.88. The van der Waals surface area contributed by atoms with E-state index in [-0.39, 0.29) is 6.04 Å². The lowest BCUT2D eigenvalue weighted by molar-refractivity contribution is 0.654. The van der Waals surface area contributed by atoms with E-state index in [1.165, 1.54) is 48.0 Å². The van der Waals surface area contributed by atoms with E-state index >= 15 is 0 Å². The molecule has 1 heterocycles. The number of halogens is 1. The molecule has 5 aromatic rings. The molecule has 0 unspecified atom stereocenters. The van der Waals surface area contributed by atoms with E-state index in [1.54, 1.807) is 0 Å². The van der Waals surface area contributed by atoms with Crippen LogP contribution >= 0.6 is 22.6 Å². The summed E-state index contributed by atoms with van der Waals surface area (Å²) in [7, 11) is 0. The molecular formula is C33H33IN2. The molecule has 182 valence electrons. The molecule has 0 saturated carbocycles. The van der Waals surface area contributed by atoms with Crippen LogP contribution in [-0.4, -0.2) is 11.1 Å². The van der Waals surface area contributed by atoms with Crippen molar-refractivity contribution in [2.45, 2.75) is 38.6 Å². The largest absolute Gasteiger partial charge is 0.333 e. The second kappa shape index (κ2) is 11.4. The van der Waals surface area contributed by atoms with Crippen LogP contribution < -0.4 is 5.73 Å². The maximum Gasteiger partial charge on any atom is 0.0842 e. The first-order chi connectivity index (χ1) is 17.7. The van der Waals surface area contributed by atoms with Gasteiger partial charge in [0.15, 0.2) is 0 Å². The van der Waals surface area contributed by atoms with Gasteiger partial charge in [-0.05, 0) is 95.8 Å². The molecule has 4 aromatic carbocycles. The molecule has 0 fully saturated rings. The average molecular weight is 585 g/mol. The highest BCUT2D eigenvalue weighted by molar-refractivity contribution is 14.1. The lowest BCUT2D eigenvalue weighted by atomic mass is 9.97. The van der Waals surface area contributed by atoms with Crippen molar-refractivity contribution in [3.05, 3.63) is 140 Å². The third kappa shape index (κ3) is 5.28. The molecular weight excluding hydrogens is 551 g/mol. The van der Waals surface area contributed by atoms with Gasteiger partial charge in [0.1, 0.15) is 0 Å². The molecule has 36 heavy (non-hydrogen) atoms. The first-order valence-electron chi connectivity index (χ1n) is 12.8. The monoisotopic (exact) mass is 584 g/mol. The summed E-state index contributed by atoms with van der Waals surface area (Å²) in [5.74, 6) is 0. The highest BCUT2D eigenvalue weighted by atomic mass is 127. The first-order valence-corrected chi connectivity index (χ1v) is 13.9. The number of fused-ring (bicyclic) bond motifs is 1. The second-order valence-corrected chi connectivity index (χ2v) is 10.8. The third-order valence-corrected chi connectivity index (χ3v) is 7.74. The highest BCUT2D eigenvalue weighted by Crippen LogP contribution is 2.37. The summed E-state index contributed by atoms with van der Waals surface area (Å²) in [6, 6.07) is 37.7. The van der Waals surface area contributed by atoms with E-state index in [9.17, 15) is 0 Å². The van der Waals surface area contributed by atoms with Gasteiger partial charge in [-0.15, -0.1) is 0 Å². The van der Waals surface area contributed by atoms with E-state index in [0.29, 0.717) is 6.54 Å². The van der Waals surface area contributed by atoms with E-state index in [0.717, 1.165) is 25.7 Å². The Bertz CT molecular complexity index is 1380. The number of rotatable bonds is 9. The summed E-state index contributed by atoms with van der Waals surface area (Å²) in [5.41, 5.74) is 15.7. The standard InChI is InChI=1S/C33H33IN2/c1-24-15-17-25(18-16-24)9-8-14-29-30-23-28(34)19-20-31(30)36(32(29)21-22-35)33(26-10-4-2-5-11-26)27-12-6-3-7-13-27/h2-7,10-13,15-20,23,33H,8-9,14,21-22,35H2,1H3. The number of hydrogen-bond donors (Lipinski definition) is 1. The van der Waals surface area contributed by atoms with Gasteiger partial charge in [-0.25, -0.2) is 0 Å². The summed E-state index contributed by atoms with van der Waals surface area (Å²) in [6.45, 7) is 2.78. The number of nitrogens with zero attached hydrogens (tertiary/aromatic N) is 1. The van der Waals surface area contributed by atoms with Crippen LogP contribution in [0.25, 0.3) is 10.9 Å². The zero-order valence-corrected chi connectivity index (χ0v) is 23.0. The van der Waals surface area contributed by atoms with Gasteiger partial charge in [-0.1, -0.05) is 90.5 Å². The number of nitrogens with two attached hydrogens (primary N) is 1.